The Bertz CT molecular complexity index is 767. The van der Waals surface area contributed by atoms with E-state index in [4.69, 9.17) is 4.98 Å². The fourth-order valence-corrected chi connectivity index (χ4v) is 3.55. The van der Waals surface area contributed by atoms with Crippen molar-refractivity contribution in [3.63, 3.8) is 0 Å². The molecular weight excluding hydrogens is 328 g/mol. The normalized spacial score (nSPS) is 17.7. The summed E-state index contributed by atoms with van der Waals surface area (Å²) in [6.45, 7) is 6.95. The summed E-state index contributed by atoms with van der Waals surface area (Å²) in [4.78, 5) is 32.5. The van der Waals surface area contributed by atoms with Crippen LogP contribution in [0.5, 0.6) is 0 Å². The maximum atomic E-state index is 12.5. The molecule has 0 radical (unpaired) electrons. The van der Waals surface area contributed by atoms with Crippen LogP contribution in [0.2, 0.25) is 0 Å². The molecule has 0 bridgehead atoms. The van der Waals surface area contributed by atoms with Gasteiger partial charge in [0.2, 0.25) is 5.95 Å². The predicted octanol–water partition coefficient (Wildman–Crippen LogP) is 1.74. The van der Waals surface area contributed by atoms with Gasteiger partial charge in [0.15, 0.2) is 0 Å². The monoisotopic (exact) mass is 352 g/mol. The van der Waals surface area contributed by atoms with E-state index in [1.165, 1.54) is 12.8 Å². The highest BCUT2D eigenvalue weighted by Crippen LogP contribution is 2.22. The van der Waals surface area contributed by atoms with Crippen LogP contribution in [-0.2, 0) is 0 Å². The number of carbonyl (C=O) groups is 1. The number of piperazine rings is 1. The molecule has 7 nitrogen and oxygen atoms in total. The first kappa shape index (κ1) is 16.8. The Balaban J connectivity index is 1.44. The van der Waals surface area contributed by atoms with E-state index in [9.17, 15) is 4.79 Å². The zero-order chi connectivity index (χ0) is 17.9. The van der Waals surface area contributed by atoms with E-state index in [-0.39, 0.29) is 5.91 Å². The maximum Gasteiger partial charge on any atom is 0.272 e. The highest BCUT2D eigenvalue weighted by molar-refractivity contribution is 5.92. The molecule has 0 atom stereocenters. The second-order valence-electron chi connectivity index (χ2n) is 6.86. The number of aryl methyl sites for hydroxylation is 1. The van der Waals surface area contributed by atoms with Gasteiger partial charge in [-0.25, -0.2) is 4.98 Å². The number of carbonyl (C=O) groups excluding carboxylic acids is 1. The quantitative estimate of drug-likeness (QED) is 0.838. The summed E-state index contributed by atoms with van der Waals surface area (Å²) in [5.74, 6) is 1.79. The number of amides is 1. The topological polar surface area (TPSA) is 65.5 Å². The molecule has 0 N–H and O–H groups in total. The number of pyridine rings is 1. The van der Waals surface area contributed by atoms with Gasteiger partial charge in [-0.1, -0.05) is 6.07 Å². The molecule has 26 heavy (non-hydrogen) atoms. The highest BCUT2D eigenvalue weighted by Gasteiger charge is 2.25. The first-order chi connectivity index (χ1) is 12.7. The van der Waals surface area contributed by atoms with E-state index in [0.29, 0.717) is 18.8 Å². The second kappa shape index (κ2) is 7.27. The first-order valence-electron chi connectivity index (χ1n) is 9.26. The summed E-state index contributed by atoms with van der Waals surface area (Å²) in [6.07, 6.45) is 4.11. The Hall–Kier alpha value is -2.70. The van der Waals surface area contributed by atoms with Crippen LogP contribution in [0.25, 0.3) is 0 Å². The summed E-state index contributed by atoms with van der Waals surface area (Å²) in [6, 6.07) is 7.50. The van der Waals surface area contributed by atoms with Crippen LogP contribution in [0.4, 0.5) is 11.8 Å². The van der Waals surface area contributed by atoms with E-state index < -0.39 is 0 Å². The standard InChI is InChI=1S/C19H24N6O/c1-15-14-17(23-8-4-5-9-23)22-19(21-15)25-12-10-24(11-13-25)18(26)16-6-2-3-7-20-16/h2-3,6-7,14H,4-5,8-13H2,1H3. The van der Waals surface area contributed by atoms with Gasteiger partial charge in [-0.15, -0.1) is 0 Å². The lowest BCUT2D eigenvalue weighted by atomic mass is 10.2. The summed E-state index contributed by atoms with van der Waals surface area (Å²) < 4.78 is 0. The van der Waals surface area contributed by atoms with Gasteiger partial charge in [-0.05, 0) is 31.9 Å². The number of hydrogen-bond donors (Lipinski definition) is 0. The molecule has 0 saturated carbocycles. The zero-order valence-electron chi connectivity index (χ0n) is 15.1. The Morgan fingerprint density at radius 1 is 0.962 bits per heavy atom. The molecule has 0 aromatic carbocycles. The molecule has 0 unspecified atom stereocenters. The van der Waals surface area contributed by atoms with Gasteiger partial charge in [-0.3, -0.25) is 9.78 Å². The largest absolute Gasteiger partial charge is 0.356 e. The molecule has 7 heteroatoms. The summed E-state index contributed by atoms with van der Waals surface area (Å²) >= 11 is 0. The molecule has 2 saturated heterocycles. The van der Waals surface area contributed by atoms with Crippen molar-refractivity contribution in [2.75, 3.05) is 49.1 Å². The molecular formula is C19H24N6O. The summed E-state index contributed by atoms with van der Waals surface area (Å²) in [5, 5.41) is 0. The first-order valence-corrected chi connectivity index (χ1v) is 9.26. The number of rotatable bonds is 3. The highest BCUT2D eigenvalue weighted by atomic mass is 16.2. The fourth-order valence-electron chi connectivity index (χ4n) is 3.55. The molecule has 2 aromatic rings. The maximum absolute atomic E-state index is 12.5. The van der Waals surface area contributed by atoms with Crippen LogP contribution in [0.3, 0.4) is 0 Å². The third kappa shape index (κ3) is 3.47. The molecule has 2 fully saturated rings. The van der Waals surface area contributed by atoms with Crippen molar-refractivity contribution in [1.29, 1.82) is 0 Å². The van der Waals surface area contributed by atoms with Gasteiger partial charge in [-0.2, -0.15) is 4.98 Å². The van der Waals surface area contributed by atoms with Gasteiger partial charge in [0.25, 0.3) is 5.91 Å². The summed E-state index contributed by atoms with van der Waals surface area (Å²) in [5.41, 5.74) is 1.49. The van der Waals surface area contributed by atoms with E-state index in [1.807, 2.05) is 24.0 Å². The third-order valence-corrected chi connectivity index (χ3v) is 4.99. The predicted molar refractivity (Wildman–Crippen MR) is 101 cm³/mol. The van der Waals surface area contributed by atoms with Crippen LogP contribution < -0.4 is 9.80 Å². The smallest absolute Gasteiger partial charge is 0.272 e. The fraction of sp³-hybridized carbons (Fsp3) is 0.474. The number of hydrogen-bond acceptors (Lipinski definition) is 6. The van der Waals surface area contributed by atoms with Crippen molar-refractivity contribution in [2.45, 2.75) is 19.8 Å². The molecule has 0 spiro atoms. The molecule has 136 valence electrons. The van der Waals surface area contributed by atoms with Crippen molar-refractivity contribution >= 4 is 17.7 Å². The van der Waals surface area contributed by atoms with Crippen LogP contribution in [0.15, 0.2) is 30.5 Å². The number of nitrogens with zero attached hydrogens (tertiary/aromatic N) is 6. The zero-order valence-corrected chi connectivity index (χ0v) is 15.1. The SMILES string of the molecule is Cc1cc(N2CCCC2)nc(N2CCN(C(=O)c3ccccn3)CC2)n1. The van der Waals surface area contributed by atoms with E-state index in [0.717, 1.165) is 43.6 Å². The van der Waals surface area contributed by atoms with E-state index in [2.05, 4.69) is 25.8 Å². The average Bonchev–Trinajstić information content (AvgIpc) is 3.23. The molecule has 2 aromatic heterocycles. The molecule has 2 aliphatic rings. The number of anilines is 2. The third-order valence-electron chi connectivity index (χ3n) is 4.99. The number of aromatic nitrogens is 3. The molecule has 4 rings (SSSR count). The lowest BCUT2D eigenvalue weighted by Crippen LogP contribution is -2.49. The molecule has 2 aliphatic heterocycles. The van der Waals surface area contributed by atoms with E-state index in [1.54, 1.807) is 12.3 Å². The molecule has 0 aliphatic carbocycles. The average molecular weight is 352 g/mol. The van der Waals surface area contributed by atoms with Crippen LogP contribution in [-0.4, -0.2) is 65.0 Å². The minimum atomic E-state index is -0.00633. The molecule has 4 heterocycles. The van der Waals surface area contributed by atoms with Crippen LogP contribution >= 0.6 is 0 Å². The van der Waals surface area contributed by atoms with Gasteiger partial charge in [0.05, 0.1) is 0 Å². The minimum Gasteiger partial charge on any atom is -0.356 e. The van der Waals surface area contributed by atoms with Gasteiger partial charge in [0.1, 0.15) is 11.5 Å². The van der Waals surface area contributed by atoms with Gasteiger partial charge < -0.3 is 14.7 Å². The Morgan fingerprint density at radius 3 is 2.42 bits per heavy atom. The minimum absolute atomic E-state index is 0.00633. The van der Waals surface area contributed by atoms with Gasteiger partial charge >= 0.3 is 0 Å². The van der Waals surface area contributed by atoms with Gasteiger partial charge in [0, 0.05) is 57.2 Å². The molecule has 1 amide bonds. The van der Waals surface area contributed by atoms with Crippen molar-refractivity contribution in [3.8, 4) is 0 Å². The van der Waals surface area contributed by atoms with Crippen LogP contribution in [0.1, 0.15) is 29.0 Å². The van der Waals surface area contributed by atoms with Crippen molar-refractivity contribution in [3.05, 3.63) is 41.9 Å². The van der Waals surface area contributed by atoms with Crippen molar-refractivity contribution < 1.29 is 4.79 Å². The lowest BCUT2D eigenvalue weighted by Gasteiger charge is -2.35. The Labute approximate surface area is 153 Å². The summed E-state index contributed by atoms with van der Waals surface area (Å²) in [7, 11) is 0. The second-order valence-corrected chi connectivity index (χ2v) is 6.86. The Morgan fingerprint density at radius 2 is 1.73 bits per heavy atom. The van der Waals surface area contributed by atoms with E-state index >= 15 is 0 Å². The van der Waals surface area contributed by atoms with Crippen molar-refractivity contribution in [1.82, 2.24) is 19.9 Å². The Kier molecular flexibility index (Phi) is 4.69. The lowest BCUT2D eigenvalue weighted by molar-refractivity contribution is 0.0740. The van der Waals surface area contributed by atoms with Crippen LogP contribution in [0, 0.1) is 6.92 Å². The van der Waals surface area contributed by atoms with Crippen molar-refractivity contribution in [2.24, 2.45) is 0 Å².